The quantitative estimate of drug-likeness (QED) is 0.766. The van der Waals surface area contributed by atoms with Crippen molar-refractivity contribution in [2.24, 2.45) is 0 Å². The smallest absolute Gasteiger partial charge is 0.339 e. The molecule has 2 amide bonds. The molecule has 1 N–H and O–H groups in total. The van der Waals surface area contributed by atoms with Crippen LogP contribution in [-0.4, -0.2) is 20.2 Å². The van der Waals surface area contributed by atoms with Crippen molar-refractivity contribution in [1.29, 1.82) is 0 Å². The number of nitrogens with one attached hydrogen (secondary N) is 1. The molecular formula is C9H11ClN2O2. The lowest BCUT2D eigenvalue weighted by atomic mass is 10.3. The van der Waals surface area contributed by atoms with Gasteiger partial charge in [0.15, 0.2) is 0 Å². The third-order valence-electron chi connectivity index (χ3n) is 1.62. The van der Waals surface area contributed by atoms with Gasteiger partial charge in [-0.05, 0) is 18.2 Å². The molecule has 0 aromatic heterocycles. The zero-order valence-corrected chi connectivity index (χ0v) is 8.71. The topological polar surface area (TPSA) is 41.6 Å². The molecule has 1 aromatic rings. The van der Waals surface area contributed by atoms with Gasteiger partial charge < -0.3 is 5.32 Å². The molecule has 4 nitrogen and oxygen atoms in total. The van der Waals surface area contributed by atoms with E-state index in [1.165, 1.54) is 14.2 Å². The maximum atomic E-state index is 11.3. The number of rotatable bonds is 2. The van der Waals surface area contributed by atoms with Gasteiger partial charge in [-0.1, -0.05) is 17.7 Å². The maximum Gasteiger partial charge on any atom is 0.345 e. The monoisotopic (exact) mass is 214 g/mol. The predicted octanol–water partition coefficient (Wildman–Crippen LogP) is 2.05. The highest BCUT2D eigenvalue weighted by Crippen LogP contribution is 2.19. The number of benzene rings is 1. The van der Waals surface area contributed by atoms with Gasteiger partial charge in [0.2, 0.25) is 0 Å². The van der Waals surface area contributed by atoms with Gasteiger partial charge in [0.1, 0.15) is 0 Å². The summed E-state index contributed by atoms with van der Waals surface area (Å²) in [6.45, 7) is 0. The van der Waals surface area contributed by atoms with E-state index in [-0.39, 0.29) is 6.03 Å². The van der Waals surface area contributed by atoms with Crippen LogP contribution in [0.2, 0.25) is 5.02 Å². The van der Waals surface area contributed by atoms with Crippen LogP contribution in [0, 0.1) is 0 Å². The van der Waals surface area contributed by atoms with Crippen LogP contribution < -0.4 is 10.4 Å². The lowest BCUT2D eigenvalue weighted by Gasteiger charge is -2.18. The molecule has 0 atom stereocenters. The number of hydrogen-bond donors (Lipinski definition) is 1. The summed E-state index contributed by atoms with van der Waals surface area (Å²) < 4.78 is 0. The van der Waals surface area contributed by atoms with Gasteiger partial charge in [-0.2, -0.15) is 5.06 Å². The molecule has 0 saturated heterocycles. The molecule has 0 aliphatic rings. The van der Waals surface area contributed by atoms with Crippen molar-refractivity contribution in [1.82, 2.24) is 5.32 Å². The molecule has 1 rings (SSSR count). The normalized spacial score (nSPS) is 9.64. The van der Waals surface area contributed by atoms with Gasteiger partial charge in [0, 0.05) is 12.1 Å². The first kappa shape index (κ1) is 10.8. The lowest BCUT2D eigenvalue weighted by molar-refractivity contribution is 0.164. The van der Waals surface area contributed by atoms with Crippen LogP contribution in [0.1, 0.15) is 0 Å². The molecule has 14 heavy (non-hydrogen) atoms. The van der Waals surface area contributed by atoms with Gasteiger partial charge in [-0.25, -0.2) is 4.79 Å². The fourth-order valence-corrected chi connectivity index (χ4v) is 1.19. The standard InChI is InChI=1S/C9H11ClN2O2/c1-11-9(13)12(14-2)8-5-3-4-7(10)6-8/h3-6H,1-2H3,(H,11,13). The highest BCUT2D eigenvalue weighted by atomic mass is 35.5. The van der Waals surface area contributed by atoms with Crippen molar-refractivity contribution in [2.75, 3.05) is 19.2 Å². The van der Waals surface area contributed by atoms with E-state index in [2.05, 4.69) is 5.32 Å². The first-order valence-corrected chi connectivity index (χ1v) is 4.38. The molecule has 0 fully saturated rings. The third kappa shape index (κ3) is 2.37. The summed E-state index contributed by atoms with van der Waals surface area (Å²) in [4.78, 5) is 16.2. The molecular weight excluding hydrogens is 204 g/mol. The second kappa shape index (κ2) is 4.83. The predicted molar refractivity (Wildman–Crippen MR) is 55.4 cm³/mol. The highest BCUT2D eigenvalue weighted by molar-refractivity contribution is 6.30. The molecule has 0 bridgehead atoms. The van der Waals surface area contributed by atoms with Crippen LogP contribution in [0.25, 0.3) is 0 Å². The van der Waals surface area contributed by atoms with Crippen molar-refractivity contribution in [3.8, 4) is 0 Å². The van der Waals surface area contributed by atoms with E-state index in [0.29, 0.717) is 10.7 Å². The number of carbonyl (C=O) groups is 1. The van der Waals surface area contributed by atoms with Crippen molar-refractivity contribution < 1.29 is 9.63 Å². The summed E-state index contributed by atoms with van der Waals surface area (Å²) in [5.74, 6) is 0. The van der Waals surface area contributed by atoms with E-state index >= 15 is 0 Å². The Morgan fingerprint density at radius 2 is 2.29 bits per heavy atom. The van der Waals surface area contributed by atoms with E-state index in [1.54, 1.807) is 24.3 Å². The first-order chi connectivity index (χ1) is 6.69. The Kier molecular flexibility index (Phi) is 3.73. The average molecular weight is 215 g/mol. The van der Waals surface area contributed by atoms with Crippen LogP contribution in [0.15, 0.2) is 24.3 Å². The fraction of sp³-hybridized carbons (Fsp3) is 0.222. The van der Waals surface area contributed by atoms with E-state index < -0.39 is 0 Å². The molecule has 0 radical (unpaired) electrons. The summed E-state index contributed by atoms with van der Waals surface area (Å²) in [5, 5.41) is 4.12. The van der Waals surface area contributed by atoms with Crippen LogP contribution in [0.4, 0.5) is 10.5 Å². The van der Waals surface area contributed by atoms with Gasteiger partial charge in [0.25, 0.3) is 0 Å². The first-order valence-electron chi connectivity index (χ1n) is 4.00. The number of carbonyl (C=O) groups excluding carboxylic acids is 1. The summed E-state index contributed by atoms with van der Waals surface area (Å²) >= 11 is 5.78. The second-order valence-corrected chi connectivity index (χ2v) is 2.95. The summed E-state index contributed by atoms with van der Waals surface area (Å²) in [6, 6.07) is 6.48. The molecule has 0 aliphatic heterocycles. The minimum Gasteiger partial charge on any atom is -0.339 e. The Bertz CT molecular complexity index is 330. The Labute approximate surface area is 87.4 Å². The van der Waals surface area contributed by atoms with Gasteiger partial charge in [-0.3, -0.25) is 4.84 Å². The fourth-order valence-electron chi connectivity index (χ4n) is 1.01. The molecule has 0 saturated carbocycles. The highest BCUT2D eigenvalue weighted by Gasteiger charge is 2.13. The zero-order valence-electron chi connectivity index (χ0n) is 7.95. The van der Waals surface area contributed by atoms with Gasteiger partial charge in [0.05, 0.1) is 12.8 Å². The molecule has 1 aromatic carbocycles. The number of nitrogens with zero attached hydrogens (tertiary/aromatic N) is 1. The number of urea groups is 1. The van der Waals surface area contributed by atoms with Crippen molar-refractivity contribution in [3.05, 3.63) is 29.3 Å². The second-order valence-electron chi connectivity index (χ2n) is 2.51. The SMILES string of the molecule is CNC(=O)N(OC)c1cccc(Cl)c1. The number of amides is 2. The average Bonchev–Trinajstić information content (AvgIpc) is 2.19. The molecule has 76 valence electrons. The molecule has 0 spiro atoms. The zero-order chi connectivity index (χ0) is 10.6. The Balaban J connectivity index is 2.94. The van der Waals surface area contributed by atoms with Crippen molar-refractivity contribution >= 4 is 23.3 Å². The van der Waals surface area contributed by atoms with E-state index in [4.69, 9.17) is 16.4 Å². The minimum absolute atomic E-state index is 0.352. The summed E-state index contributed by atoms with van der Waals surface area (Å²) in [6.07, 6.45) is 0. The van der Waals surface area contributed by atoms with Gasteiger partial charge in [-0.15, -0.1) is 0 Å². The van der Waals surface area contributed by atoms with Crippen LogP contribution >= 0.6 is 11.6 Å². The Morgan fingerprint density at radius 1 is 1.57 bits per heavy atom. The Hall–Kier alpha value is -1.26. The van der Waals surface area contributed by atoms with Gasteiger partial charge >= 0.3 is 6.03 Å². The van der Waals surface area contributed by atoms with Crippen LogP contribution in [0.3, 0.4) is 0 Å². The van der Waals surface area contributed by atoms with Crippen molar-refractivity contribution in [2.45, 2.75) is 0 Å². The molecule has 0 heterocycles. The maximum absolute atomic E-state index is 11.3. The third-order valence-corrected chi connectivity index (χ3v) is 1.86. The van der Waals surface area contributed by atoms with Crippen LogP contribution in [0.5, 0.6) is 0 Å². The van der Waals surface area contributed by atoms with E-state index in [0.717, 1.165) is 5.06 Å². The molecule has 0 unspecified atom stereocenters. The minimum atomic E-state index is -0.352. The largest absolute Gasteiger partial charge is 0.345 e. The number of anilines is 1. The van der Waals surface area contributed by atoms with Crippen molar-refractivity contribution in [3.63, 3.8) is 0 Å². The molecule has 5 heteroatoms. The number of hydrogen-bond acceptors (Lipinski definition) is 2. The molecule has 0 aliphatic carbocycles. The summed E-state index contributed by atoms with van der Waals surface area (Å²) in [5.41, 5.74) is 0.583. The number of halogens is 1. The summed E-state index contributed by atoms with van der Waals surface area (Å²) in [7, 11) is 2.94. The van der Waals surface area contributed by atoms with E-state index in [1.807, 2.05) is 0 Å². The van der Waals surface area contributed by atoms with Crippen LogP contribution in [-0.2, 0) is 4.84 Å². The number of hydroxylamine groups is 1. The van der Waals surface area contributed by atoms with E-state index in [9.17, 15) is 4.79 Å². The Morgan fingerprint density at radius 3 is 2.79 bits per heavy atom. The lowest BCUT2D eigenvalue weighted by Crippen LogP contribution is -2.37.